The third-order valence-electron chi connectivity index (χ3n) is 5.52. The average Bonchev–Trinajstić information content (AvgIpc) is 3.53. The minimum absolute atomic E-state index is 0.570. The van der Waals surface area contributed by atoms with Gasteiger partial charge in [0.1, 0.15) is 17.3 Å². The van der Waals surface area contributed by atoms with Crippen LogP contribution in [0.4, 0.5) is 11.5 Å². The predicted molar refractivity (Wildman–Crippen MR) is 129 cm³/mol. The molecule has 0 fully saturated rings. The van der Waals surface area contributed by atoms with Crippen LogP contribution < -0.4 is 14.4 Å². The Morgan fingerprint density at radius 2 is 1.79 bits per heavy atom. The molecule has 4 aromatic rings. The molecule has 0 aliphatic carbocycles. The van der Waals surface area contributed by atoms with E-state index in [0.717, 1.165) is 45.8 Å². The molecule has 4 heterocycles. The number of aromatic nitrogens is 4. The van der Waals surface area contributed by atoms with Gasteiger partial charge >= 0.3 is 0 Å². The Morgan fingerprint density at radius 1 is 0.970 bits per heavy atom. The Labute approximate surface area is 191 Å². The van der Waals surface area contributed by atoms with E-state index in [9.17, 15) is 0 Å². The number of aliphatic imine (C=N–C) groups is 1. The average molecular weight is 441 g/mol. The molecular weight excluding hydrogens is 416 g/mol. The van der Waals surface area contributed by atoms with Crippen LogP contribution in [0.1, 0.15) is 6.42 Å². The van der Waals surface area contributed by atoms with Crippen molar-refractivity contribution in [2.24, 2.45) is 12.0 Å². The first-order chi connectivity index (χ1) is 16.1. The van der Waals surface area contributed by atoms with Crippen LogP contribution in [0.25, 0.3) is 22.2 Å². The van der Waals surface area contributed by atoms with Crippen molar-refractivity contribution < 1.29 is 9.47 Å². The number of aryl methyl sites for hydroxylation is 1. The molecule has 0 unspecified atom stereocenters. The molecule has 0 amide bonds. The largest absolute Gasteiger partial charge is 0.497 e. The van der Waals surface area contributed by atoms with E-state index in [1.165, 1.54) is 0 Å². The zero-order valence-corrected chi connectivity index (χ0v) is 18.8. The van der Waals surface area contributed by atoms with Crippen molar-refractivity contribution in [3.05, 3.63) is 66.8 Å². The molecule has 0 bridgehead atoms. The maximum atomic E-state index is 5.50. The number of ether oxygens (including phenoxy) is 2. The molecule has 33 heavy (non-hydrogen) atoms. The smallest absolute Gasteiger partial charge is 0.134 e. The van der Waals surface area contributed by atoms with Crippen LogP contribution in [0.5, 0.6) is 11.5 Å². The highest BCUT2D eigenvalue weighted by Gasteiger charge is 2.17. The zero-order chi connectivity index (χ0) is 22.8. The third kappa shape index (κ3) is 4.27. The first-order valence-electron chi connectivity index (χ1n) is 10.6. The topological polar surface area (TPSA) is 77.7 Å². The molecule has 0 saturated heterocycles. The molecule has 1 aliphatic rings. The number of fused-ring (bicyclic) bond motifs is 1. The second-order valence-corrected chi connectivity index (χ2v) is 7.73. The summed E-state index contributed by atoms with van der Waals surface area (Å²) in [6.45, 7) is 0.570. The number of benzene rings is 1. The van der Waals surface area contributed by atoms with Gasteiger partial charge in [-0.25, -0.2) is 4.98 Å². The number of allylic oxidation sites excluding steroid dienone is 1. The Bertz CT molecular complexity index is 1350. The van der Waals surface area contributed by atoms with Gasteiger partial charge in [-0.1, -0.05) is 6.08 Å². The molecule has 8 heteroatoms. The van der Waals surface area contributed by atoms with Gasteiger partial charge in [-0.3, -0.25) is 14.7 Å². The maximum absolute atomic E-state index is 5.50. The molecular formula is C25H24N6O2. The fraction of sp³-hybridized carbons (Fsp3) is 0.200. The summed E-state index contributed by atoms with van der Waals surface area (Å²) in [5, 5.41) is 4.27. The highest BCUT2D eigenvalue weighted by Crippen LogP contribution is 2.34. The van der Waals surface area contributed by atoms with Crippen LogP contribution in [0.15, 0.2) is 71.8 Å². The second kappa shape index (κ2) is 8.74. The maximum Gasteiger partial charge on any atom is 0.134 e. The standard InChI is InChI=1S/C25H24N6O2/c1-30-15-18(14-28-30)17-9-24-23(27-13-17)6-7-25(29-24)31(16-19-5-4-8-26-19)20-10-21(32-2)12-22(11-20)33-3/h5-15H,4,16H2,1-3H3. The van der Waals surface area contributed by atoms with Crippen molar-refractivity contribution in [1.82, 2.24) is 19.7 Å². The first-order valence-corrected chi connectivity index (χ1v) is 10.6. The van der Waals surface area contributed by atoms with Gasteiger partial charge in [-0.15, -0.1) is 0 Å². The Morgan fingerprint density at radius 3 is 2.45 bits per heavy atom. The van der Waals surface area contributed by atoms with Gasteiger partial charge in [0.05, 0.1) is 49.4 Å². The van der Waals surface area contributed by atoms with Crippen LogP contribution in [-0.2, 0) is 7.05 Å². The lowest BCUT2D eigenvalue weighted by Gasteiger charge is -2.25. The van der Waals surface area contributed by atoms with Gasteiger partial charge in [0, 0.05) is 61.4 Å². The zero-order valence-electron chi connectivity index (χ0n) is 18.8. The molecule has 0 atom stereocenters. The van der Waals surface area contributed by atoms with E-state index >= 15 is 0 Å². The lowest BCUT2D eigenvalue weighted by atomic mass is 10.1. The quantitative estimate of drug-likeness (QED) is 0.420. The molecule has 0 saturated carbocycles. The molecule has 1 aliphatic heterocycles. The highest BCUT2D eigenvalue weighted by molar-refractivity contribution is 5.82. The predicted octanol–water partition coefficient (Wildman–Crippen LogP) is 4.54. The first kappa shape index (κ1) is 20.7. The Hall–Kier alpha value is -4.20. The summed E-state index contributed by atoms with van der Waals surface area (Å²) in [4.78, 5) is 16.2. The number of pyridine rings is 2. The second-order valence-electron chi connectivity index (χ2n) is 7.73. The molecule has 5 rings (SSSR count). The molecule has 0 spiro atoms. The van der Waals surface area contributed by atoms with Crippen LogP contribution in [0.3, 0.4) is 0 Å². The molecule has 0 N–H and O–H groups in total. The summed E-state index contributed by atoms with van der Waals surface area (Å²) in [7, 11) is 5.19. The van der Waals surface area contributed by atoms with Gasteiger partial charge in [0.25, 0.3) is 0 Å². The molecule has 8 nitrogen and oxygen atoms in total. The third-order valence-corrected chi connectivity index (χ3v) is 5.52. The van der Waals surface area contributed by atoms with Crippen molar-refractivity contribution in [2.45, 2.75) is 6.42 Å². The minimum Gasteiger partial charge on any atom is -0.497 e. The van der Waals surface area contributed by atoms with E-state index in [4.69, 9.17) is 14.5 Å². The van der Waals surface area contributed by atoms with Crippen LogP contribution in [-0.4, -0.2) is 46.7 Å². The van der Waals surface area contributed by atoms with Gasteiger partial charge in [0.15, 0.2) is 0 Å². The molecule has 166 valence electrons. The summed E-state index contributed by atoms with van der Waals surface area (Å²) < 4.78 is 12.8. The van der Waals surface area contributed by atoms with Gasteiger partial charge in [-0.2, -0.15) is 5.10 Å². The molecule has 0 radical (unpaired) electrons. The summed E-state index contributed by atoms with van der Waals surface area (Å²) in [6, 6.07) is 11.8. The number of methoxy groups -OCH3 is 2. The fourth-order valence-electron chi connectivity index (χ4n) is 3.81. The molecule has 1 aromatic carbocycles. The summed E-state index contributed by atoms with van der Waals surface area (Å²) >= 11 is 0. The van der Waals surface area contributed by atoms with Gasteiger partial charge in [-0.05, 0) is 18.2 Å². The monoisotopic (exact) mass is 440 g/mol. The summed E-state index contributed by atoms with van der Waals surface area (Å²) in [5.41, 5.74) is 5.49. The Balaban J connectivity index is 1.60. The van der Waals surface area contributed by atoms with E-state index in [2.05, 4.69) is 26.1 Å². The lowest BCUT2D eigenvalue weighted by molar-refractivity contribution is 0.394. The van der Waals surface area contributed by atoms with E-state index in [-0.39, 0.29) is 0 Å². The highest BCUT2D eigenvalue weighted by atomic mass is 16.5. The van der Waals surface area contributed by atoms with Crippen LogP contribution in [0.2, 0.25) is 0 Å². The van der Waals surface area contributed by atoms with Crippen molar-refractivity contribution in [3.8, 4) is 22.6 Å². The van der Waals surface area contributed by atoms with Crippen molar-refractivity contribution >= 4 is 28.8 Å². The van der Waals surface area contributed by atoms with E-state index in [0.29, 0.717) is 18.0 Å². The van der Waals surface area contributed by atoms with E-state index in [1.807, 2.05) is 68.3 Å². The van der Waals surface area contributed by atoms with Crippen molar-refractivity contribution in [2.75, 3.05) is 25.7 Å². The van der Waals surface area contributed by atoms with Crippen LogP contribution in [0, 0.1) is 0 Å². The van der Waals surface area contributed by atoms with E-state index in [1.54, 1.807) is 18.9 Å². The number of hydrogen-bond acceptors (Lipinski definition) is 7. The number of rotatable bonds is 7. The van der Waals surface area contributed by atoms with E-state index < -0.39 is 0 Å². The number of hydrogen-bond donors (Lipinski definition) is 0. The van der Waals surface area contributed by atoms with Gasteiger partial charge in [0.2, 0.25) is 0 Å². The SMILES string of the molecule is COc1cc(OC)cc(N(CC2=CCC=N2)c2ccc3ncc(-c4cnn(C)c4)cc3n2)c1. The summed E-state index contributed by atoms with van der Waals surface area (Å²) in [6.07, 6.45) is 10.5. The van der Waals surface area contributed by atoms with Crippen molar-refractivity contribution in [3.63, 3.8) is 0 Å². The number of nitrogens with zero attached hydrogens (tertiary/aromatic N) is 6. The fourth-order valence-corrected chi connectivity index (χ4v) is 3.81. The molecule has 3 aromatic heterocycles. The minimum atomic E-state index is 0.570. The normalized spacial score (nSPS) is 12.8. The number of anilines is 2. The van der Waals surface area contributed by atoms with Crippen LogP contribution >= 0.6 is 0 Å². The van der Waals surface area contributed by atoms with Gasteiger partial charge < -0.3 is 14.4 Å². The lowest BCUT2D eigenvalue weighted by Crippen LogP contribution is -2.20. The Kier molecular flexibility index (Phi) is 5.48. The van der Waals surface area contributed by atoms with Crippen molar-refractivity contribution in [1.29, 1.82) is 0 Å². The summed E-state index contributed by atoms with van der Waals surface area (Å²) in [5.74, 6) is 2.20.